The highest BCUT2D eigenvalue weighted by atomic mass is 31.1. The van der Waals surface area contributed by atoms with Gasteiger partial charge in [-0.3, -0.25) is 0 Å². The molecule has 2 aliphatic heterocycles. The Labute approximate surface area is 177 Å². The summed E-state index contributed by atoms with van der Waals surface area (Å²) in [4.78, 5) is 0. The minimum Gasteiger partial charge on any atom is -0.0994 e. The lowest BCUT2D eigenvalue weighted by atomic mass is 9.94. The Bertz CT molecular complexity index is 455. The van der Waals surface area contributed by atoms with Gasteiger partial charge in [-0.25, -0.2) is 0 Å². The molecule has 2 saturated heterocycles. The molecule has 0 spiro atoms. The fourth-order valence-corrected chi connectivity index (χ4v) is 19.0. The van der Waals surface area contributed by atoms with Gasteiger partial charge in [0.25, 0.3) is 0 Å². The van der Waals surface area contributed by atoms with Crippen molar-refractivity contribution in [1.82, 2.24) is 0 Å². The predicted octanol–water partition coefficient (Wildman–Crippen LogP) is 8.21. The quantitative estimate of drug-likeness (QED) is 0.405. The monoisotopic (exact) mass is 418 g/mol. The maximum atomic E-state index is 1.75. The molecule has 0 aromatic heterocycles. The summed E-state index contributed by atoms with van der Waals surface area (Å²) in [6.07, 6.45) is 29.5. The molecule has 6 aliphatic rings. The summed E-state index contributed by atoms with van der Waals surface area (Å²) >= 11 is 0. The van der Waals surface area contributed by atoms with E-state index in [1.165, 1.54) is 46.3 Å². The Hall–Kier alpha value is 0.860. The molecular weight excluding hydrogens is 374 g/mol. The number of hydrogen-bond donors (Lipinski definition) is 0. The van der Waals surface area contributed by atoms with Crippen molar-refractivity contribution in [1.29, 1.82) is 0 Å². The zero-order valence-electron chi connectivity index (χ0n) is 18.2. The Kier molecular flexibility index (Phi) is 5.88. The predicted molar refractivity (Wildman–Crippen MR) is 127 cm³/mol. The van der Waals surface area contributed by atoms with Crippen molar-refractivity contribution in [2.45, 2.75) is 125 Å². The van der Waals surface area contributed by atoms with Crippen molar-refractivity contribution in [2.24, 2.45) is 23.7 Å². The highest BCUT2D eigenvalue weighted by Crippen LogP contribution is 2.68. The lowest BCUT2D eigenvalue weighted by Gasteiger charge is -2.38. The van der Waals surface area contributed by atoms with Crippen LogP contribution in [0.4, 0.5) is 0 Å². The van der Waals surface area contributed by atoms with Gasteiger partial charge in [0.05, 0.1) is 0 Å². The number of rotatable bonds is 3. The summed E-state index contributed by atoms with van der Waals surface area (Å²) in [5.41, 5.74) is 4.90. The molecule has 0 aromatic rings. The van der Waals surface area contributed by atoms with E-state index in [1.54, 1.807) is 115 Å². The molecule has 6 rings (SSSR count). The van der Waals surface area contributed by atoms with Gasteiger partial charge in [-0.2, -0.15) is 0 Å². The van der Waals surface area contributed by atoms with Crippen LogP contribution in [0, 0.1) is 23.7 Å². The van der Waals surface area contributed by atoms with Crippen molar-refractivity contribution >= 4 is 15.8 Å². The molecular formula is C26H44P2. The summed E-state index contributed by atoms with van der Waals surface area (Å²) in [6, 6.07) is 0. The molecule has 28 heavy (non-hydrogen) atoms. The molecule has 0 aromatic carbocycles. The van der Waals surface area contributed by atoms with Gasteiger partial charge in [0.1, 0.15) is 0 Å². The van der Waals surface area contributed by atoms with Gasteiger partial charge in [-0.1, -0.05) is 41.5 Å². The molecule has 0 nitrogen and oxygen atoms in total. The fraction of sp³-hybridized carbons (Fsp3) is 1.00. The minimum absolute atomic E-state index is 0.368. The zero-order valence-corrected chi connectivity index (χ0v) is 20.0. The van der Waals surface area contributed by atoms with E-state index in [9.17, 15) is 0 Å². The number of hydrogen-bond acceptors (Lipinski definition) is 0. The van der Waals surface area contributed by atoms with Gasteiger partial charge in [0.15, 0.2) is 0 Å². The molecule has 0 bridgehead atoms. The average Bonchev–Trinajstić information content (AvgIpc) is 3.48. The second-order valence-electron chi connectivity index (χ2n) is 11.7. The first-order chi connectivity index (χ1) is 13.9. The normalized spacial score (nSPS) is 53.1. The lowest BCUT2D eigenvalue weighted by molar-refractivity contribution is 0.427. The first kappa shape index (κ1) is 19.5. The van der Waals surface area contributed by atoms with Crippen molar-refractivity contribution in [3.05, 3.63) is 0 Å². The second-order valence-corrected chi connectivity index (χ2v) is 17.3. The van der Waals surface area contributed by atoms with Crippen LogP contribution in [0.5, 0.6) is 0 Å². The molecule has 4 aliphatic carbocycles. The standard InChI is InChI=1S/C26H44P2/c1-5-19-13-14-20-6-2-10-24(20)27(23(19)9-1)17-18-28-25-11-3-7-21(25)15-16-22-8-4-12-26(22)28/h19-26H,1-18H2. The van der Waals surface area contributed by atoms with Gasteiger partial charge >= 0.3 is 0 Å². The van der Waals surface area contributed by atoms with Crippen LogP contribution >= 0.6 is 15.8 Å². The van der Waals surface area contributed by atoms with E-state index in [1.807, 2.05) is 0 Å². The smallest absolute Gasteiger partial charge is 0.0178 e. The summed E-state index contributed by atoms with van der Waals surface area (Å²) in [6.45, 7) is 0. The SMILES string of the molecule is C1CC2CCC3CCCC3P(CCP3C4CCCC4CCC4CCCC43)C2C1. The van der Waals surface area contributed by atoms with Crippen LogP contribution in [0.25, 0.3) is 0 Å². The Morgan fingerprint density at radius 1 is 0.357 bits per heavy atom. The zero-order chi connectivity index (χ0) is 18.5. The average molecular weight is 419 g/mol. The van der Waals surface area contributed by atoms with Gasteiger partial charge < -0.3 is 0 Å². The van der Waals surface area contributed by atoms with E-state index in [0.29, 0.717) is 15.8 Å². The van der Waals surface area contributed by atoms with Gasteiger partial charge in [-0.05, 0) is 136 Å². The van der Waals surface area contributed by atoms with Crippen molar-refractivity contribution in [2.75, 3.05) is 12.3 Å². The highest BCUT2D eigenvalue weighted by molar-refractivity contribution is 7.63. The first-order valence-electron chi connectivity index (χ1n) is 13.4. The van der Waals surface area contributed by atoms with Crippen LogP contribution in [-0.4, -0.2) is 35.0 Å². The summed E-state index contributed by atoms with van der Waals surface area (Å²) in [5.74, 6) is 4.71. The highest BCUT2D eigenvalue weighted by Gasteiger charge is 2.47. The molecule has 6 fully saturated rings. The fourth-order valence-electron chi connectivity index (χ4n) is 9.40. The van der Waals surface area contributed by atoms with Crippen LogP contribution in [-0.2, 0) is 0 Å². The first-order valence-corrected chi connectivity index (χ1v) is 16.7. The summed E-state index contributed by atoms with van der Waals surface area (Å²) < 4.78 is 0. The van der Waals surface area contributed by atoms with Crippen LogP contribution in [0.1, 0.15) is 103 Å². The van der Waals surface area contributed by atoms with Crippen molar-refractivity contribution < 1.29 is 0 Å². The van der Waals surface area contributed by atoms with E-state index >= 15 is 0 Å². The van der Waals surface area contributed by atoms with Gasteiger partial charge in [-0.15, -0.1) is 0 Å². The molecule has 8 atom stereocenters. The minimum atomic E-state index is 0.368. The van der Waals surface area contributed by atoms with Crippen LogP contribution < -0.4 is 0 Å². The Balaban J connectivity index is 1.22. The van der Waals surface area contributed by atoms with E-state index in [0.717, 1.165) is 0 Å². The van der Waals surface area contributed by atoms with Gasteiger partial charge in [0, 0.05) is 0 Å². The Morgan fingerprint density at radius 2 is 0.643 bits per heavy atom. The van der Waals surface area contributed by atoms with E-state index in [2.05, 4.69) is 0 Å². The molecule has 8 unspecified atom stereocenters. The van der Waals surface area contributed by atoms with Crippen molar-refractivity contribution in [3.8, 4) is 0 Å². The third-order valence-corrected chi connectivity index (χ3v) is 18.6. The van der Waals surface area contributed by atoms with Crippen LogP contribution in [0.2, 0.25) is 0 Å². The molecule has 158 valence electrons. The molecule has 0 N–H and O–H groups in total. The third-order valence-electron chi connectivity index (χ3n) is 10.6. The van der Waals surface area contributed by atoms with E-state index in [-0.39, 0.29) is 0 Å². The second kappa shape index (κ2) is 8.42. The summed E-state index contributed by atoms with van der Waals surface area (Å²) in [5, 5.41) is 0. The molecule has 0 radical (unpaired) electrons. The van der Waals surface area contributed by atoms with Crippen molar-refractivity contribution in [3.63, 3.8) is 0 Å². The maximum absolute atomic E-state index is 1.75. The maximum Gasteiger partial charge on any atom is -0.0178 e. The molecule has 2 heteroatoms. The van der Waals surface area contributed by atoms with E-state index < -0.39 is 0 Å². The molecule has 2 heterocycles. The lowest BCUT2D eigenvalue weighted by Crippen LogP contribution is -2.24. The largest absolute Gasteiger partial charge is 0.0994 e. The summed E-state index contributed by atoms with van der Waals surface area (Å²) in [7, 11) is 0.735. The molecule has 0 amide bonds. The van der Waals surface area contributed by atoms with Gasteiger partial charge in [0.2, 0.25) is 0 Å². The topological polar surface area (TPSA) is 0 Å². The van der Waals surface area contributed by atoms with Crippen LogP contribution in [0.15, 0.2) is 0 Å². The third kappa shape index (κ3) is 3.48. The molecule has 4 saturated carbocycles. The van der Waals surface area contributed by atoms with E-state index in [4.69, 9.17) is 0 Å². The van der Waals surface area contributed by atoms with Crippen LogP contribution in [0.3, 0.4) is 0 Å². The Morgan fingerprint density at radius 3 is 0.929 bits per heavy atom. The number of fused-ring (bicyclic) bond motifs is 4.